The first kappa shape index (κ1) is 9.59. The number of aromatic hydroxyl groups is 1. The van der Waals surface area contributed by atoms with Crippen LogP contribution in [0, 0.1) is 20.8 Å². The van der Waals surface area contributed by atoms with Crippen LogP contribution < -0.4 is 0 Å². The van der Waals surface area contributed by atoms with E-state index in [2.05, 4.69) is 22.9 Å². The molecule has 0 atom stereocenters. The number of phenols is 1. The minimum absolute atomic E-state index is 0.426. The van der Waals surface area contributed by atoms with Crippen LogP contribution in [-0.4, -0.2) is 5.11 Å². The fourth-order valence-corrected chi connectivity index (χ4v) is 1.68. The molecule has 0 unspecified atom stereocenters. The van der Waals surface area contributed by atoms with Gasteiger partial charge < -0.3 is 5.11 Å². The first-order valence-electron chi connectivity index (χ1n) is 3.92. The van der Waals surface area contributed by atoms with Crippen LogP contribution in [0.15, 0.2) is 6.07 Å². The van der Waals surface area contributed by atoms with Crippen molar-refractivity contribution in [2.45, 2.75) is 26.1 Å². The number of aryl methyl sites for hydroxylation is 1. The zero-order valence-electron chi connectivity index (χ0n) is 7.61. The quantitative estimate of drug-likeness (QED) is 0.733. The van der Waals surface area contributed by atoms with Crippen LogP contribution in [0.1, 0.15) is 22.3 Å². The second-order valence-corrected chi connectivity index (χ2v) is 3.65. The summed E-state index contributed by atoms with van der Waals surface area (Å²) in [6.07, 6.45) is 0. The second kappa shape index (κ2) is 3.48. The predicted molar refractivity (Wildman–Crippen MR) is 54.9 cm³/mol. The number of phenolic OH excluding ortho intramolecular Hbond substituents is 1. The summed E-state index contributed by atoms with van der Waals surface area (Å²) >= 11 is 3.34. The highest BCUT2D eigenvalue weighted by molar-refractivity contribution is 9.08. The molecule has 12 heavy (non-hydrogen) atoms. The summed E-state index contributed by atoms with van der Waals surface area (Å²) in [4.78, 5) is 0. The minimum atomic E-state index is 0.426. The maximum absolute atomic E-state index is 9.67. The summed E-state index contributed by atoms with van der Waals surface area (Å²) in [5.74, 6) is 0.426. The average Bonchev–Trinajstić information content (AvgIpc) is 2.08. The maximum Gasteiger partial charge on any atom is 0.122 e. The van der Waals surface area contributed by atoms with E-state index in [4.69, 9.17) is 0 Å². The standard InChI is InChI=1S/C10H13BrO/c1-6-4-9(5-11)10(12)8(3)7(6)2/h4,12H,5H2,1-3H3. The first-order valence-corrected chi connectivity index (χ1v) is 5.04. The summed E-state index contributed by atoms with van der Waals surface area (Å²) in [5.41, 5.74) is 4.37. The van der Waals surface area contributed by atoms with Gasteiger partial charge in [-0.15, -0.1) is 0 Å². The molecule has 1 aromatic carbocycles. The highest BCUT2D eigenvalue weighted by atomic mass is 79.9. The highest BCUT2D eigenvalue weighted by Crippen LogP contribution is 2.28. The molecule has 0 radical (unpaired) electrons. The highest BCUT2D eigenvalue weighted by Gasteiger charge is 2.07. The van der Waals surface area contributed by atoms with Gasteiger partial charge in [0.1, 0.15) is 5.75 Å². The Balaban J connectivity index is 3.39. The van der Waals surface area contributed by atoms with Crippen LogP contribution in [0.3, 0.4) is 0 Å². The number of alkyl halides is 1. The number of rotatable bonds is 1. The molecule has 0 bridgehead atoms. The molecule has 0 aliphatic heterocycles. The van der Waals surface area contributed by atoms with Gasteiger partial charge in [0, 0.05) is 10.9 Å². The van der Waals surface area contributed by atoms with Crippen LogP contribution in [0.5, 0.6) is 5.75 Å². The molecule has 2 heteroatoms. The van der Waals surface area contributed by atoms with E-state index in [0.29, 0.717) is 11.1 Å². The van der Waals surface area contributed by atoms with Gasteiger partial charge in [0.05, 0.1) is 0 Å². The Hall–Kier alpha value is -0.500. The summed E-state index contributed by atoms with van der Waals surface area (Å²) in [6.45, 7) is 6.04. The van der Waals surface area contributed by atoms with Crippen molar-refractivity contribution in [3.8, 4) is 5.75 Å². The molecule has 0 spiro atoms. The van der Waals surface area contributed by atoms with Crippen molar-refractivity contribution in [3.05, 3.63) is 28.3 Å². The van der Waals surface area contributed by atoms with Gasteiger partial charge in [-0.2, -0.15) is 0 Å². The number of hydrogen-bond donors (Lipinski definition) is 1. The van der Waals surface area contributed by atoms with Gasteiger partial charge in [-0.3, -0.25) is 0 Å². The van der Waals surface area contributed by atoms with Gasteiger partial charge in [0.25, 0.3) is 0 Å². The largest absolute Gasteiger partial charge is 0.507 e. The van der Waals surface area contributed by atoms with Crippen molar-refractivity contribution >= 4 is 15.9 Å². The van der Waals surface area contributed by atoms with E-state index in [9.17, 15) is 5.11 Å². The summed E-state index contributed by atoms with van der Waals surface area (Å²) in [5, 5.41) is 10.4. The third-order valence-electron chi connectivity index (χ3n) is 2.35. The van der Waals surface area contributed by atoms with Crippen molar-refractivity contribution in [3.63, 3.8) is 0 Å². The molecule has 0 aliphatic carbocycles. The predicted octanol–water partition coefficient (Wildman–Crippen LogP) is 3.21. The lowest BCUT2D eigenvalue weighted by atomic mass is 10.00. The van der Waals surface area contributed by atoms with Gasteiger partial charge in [-0.1, -0.05) is 22.0 Å². The lowest BCUT2D eigenvalue weighted by molar-refractivity contribution is 0.465. The summed E-state index contributed by atoms with van der Waals surface area (Å²) < 4.78 is 0. The number of halogens is 1. The Morgan fingerprint density at radius 2 is 1.83 bits per heavy atom. The molecule has 1 N–H and O–H groups in total. The van der Waals surface area contributed by atoms with Crippen molar-refractivity contribution in [1.29, 1.82) is 0 Å². The van der Waals surface area contributed by atoms with E-state index in [0.717, 1.165) is 11.1 Å². The van der Waals surface area contributed by atoms with Crippen LogP contribution in [0.4, 0.5) is 0 Å². The van der Waals surface area contributed by atoms with E-state index in [1.807, 2.05) is 19.9 Å². The molecule has 1 rings (SSSR count). The Morgan fingerprint density at radius 1 is 1.25 bits per heavy atom. The summed E-state index contributed by atoms with van der Waals surface area (Å²) in [6, 6.07) is 2.02. The normalized spacial score (nSPS) is 10.3. The van der Waals surface area contributed by atoms with Gasteiger partial charge >= 0.3 is 0 Å². The Morgan fingerprint density at radius 3 is 2.33 bits per heavy atom. The molecule has 0 saturated heterocycles. The molecule has 1 aromatic rings. The average molecular weight is 229 g/mol. The van der Waals surface area contributed by atoms with Crippen LogP contribution in [0.25, 0.3) is 0 Å². The molecular formula is C10H13BrO. The van der Waals surface area contributed by atoms with Crippen molar-refractivity contribution in [1.82, 2.24) is 0 Å². The van der Waals surface area contributed by atoms with Gasteiger partial charge in [0.2, 0.25) is 0 Å². The van der Waals surface area contributed by atoms with Crippen LogP contribution >= 0.6 is 15.9 Å². The lowest BCUT2D eigenvalue weighted by Gasteiger charge is -2.10. The van der Waals surface area contributed by atoms with Gasteiger partial charge in [-0.05, 0) is 37.5 Å². The zero-order chi connectivity index (χ0) is 9.30. The van der Waals surface area contributed by atoms with Crippen molar-refractivity contribution in [2.24, 2.45) is 0 Å². The molecular weight excluding hydrogens is 216 g/mol. The monoisotopic (exact) mass is 228 g/mol. The Labute approximate surface area is 81.6 Å². The molecule has 1 nitrogen and oxygen atoms in total. The molecule has 0 heterocycles. The van der Waals surface area contributed by atoms with E-state index in [1.54, 1.807) is 0 Å². The smallest absolute Gasteiger partial charge is 0.122 e. The van der Waals surface area contributed by atoms with E-state index in [-0.39, 0.29) is 0 Å². The van der Waals surface area contributed by atoms with Crippen LogP contribution in [0.2, 0.25) is 0 Å². The van der Waals surface area contributed by atoms with Gasteiger partial charge in [0.15, 0.2) is 0 Å². The molecule has 66 valence electrons. The van der Waals surface area contributed by atoms with Crippen molar-refractivity contribution in [2.75, 3.05) is 0 Å². The van der Waals surface area contributed by atoms with E-state index >= 15 is 0 Å². The fourth-order valence-electron chi connectivity index (χ4n) is 1.25. The molecule has 0 aromatic heterocycles. The SMILES string of the molecule is Cc1cc(CBr)c(O)c(C)c1C. The van der Waals surface area contributed by atoms with Gasteiger partial charge in [-0.25, -0.2) is 0 Å². The Bertz CT molecular complexity index is 305. The minimum Gasteiger partial charge on any atom is -0.507 e. The van der Waals surface area contributed by atoms with Crippen molar-refractivity contribution < 1.29 is 5.11 Å². The number of benzene rings is 1. The molecule has 0 amide bonds. The molecule has 0 aliphatic rings. The van der Waals surface area contributed by atoms with E-state index < -0.39 is 0 Å². The maximum atomic E-state index is 9.67. The zero-order valence-corrected chi connectivity index (χ0v) is 9.20. The first-order chi connectivity index (χ1) is 5.57. The number of hydrogen-bond acceptors (Lipinski definition) is 1. The van der Waals surface area contributed by atoms with E-state index in [1.165, 1.54) is 11.1 Å². The Kier molecular flexibility index (Phi) is 2.78. The molecule has 0 fully saturated rings. The third-order valence-corrected chi connectivity index (χ3v) is 2.95. The molecule has 0 saturated carbocycles. The topological polar surface area (TPSA) is 20.2 Å². The second-order valence-electron chi connectivity index (χ2n) is 3.08. The lowest BCUT2D eigenvalue weighted by Crippen LogP contribution is -1.91. The third kappa shape index (κ3) is 1.48. The fraction of sp³-hybridized carbons (Fsp3) is 0.400. The summed E-state index contributed by atoms with van der Waals surface area (Å²) in [7, 11) is 0. The van der Waals surface area contributed by atoms with Crippen LogP contribution in [-0.2, 0) is 5.33 Å².